The van der Waals surface area contributed by atoms with Crippen molar-refractivity contribution in [2.75, 3.05) is 0 Å². The highest BCUT2D eigenvalue weighted by Gasteiger charge is 2.28. The summed E-state index contributed by atoms with van der Waals surface area (Å²) in [5.74, 6) is -1.60. The molecule has 0 radical (unpaired) electrons. The number of carboxylic acid groups (broad SMARTS) is 1. The molecule has 0 atom stereocenters. The average Bonchev–Trinajstić information content (AvgIpc) is 3.16. The standard InChI is InChI=1S/C21H17ClFNO3/c22-13-7-10-16-17(11-13)18(12-5-8-14(23)9-6-12)19(21(26)27)24(20(16)25)15-3-1-2-4-15/h5-11,15H,1-4H2,(H,26,27). The Morgan fingerprint density at radius 1 is 1.07 bits per heavy atom. The lowest BCUT2D eigenvalue weighted by atomic mass is 9.96. The van der Waals surface area contributed by atoms with Crippen molar-refractivity contribution in [3.8, 4) is 11.1 Å². The van der Waals surface area contributed by atoms with Gasteiger partial charge in [0.1, 0.15) is 11.5 Å². The van der Waals surface area contributed by atoms with Crippen LogP contribution in [-0.4, -0.2) is 15.6 Å². The zero-order chi connectivity index (χ0) is 19.1. The van der Waals surface area contributed by atoms with Crippen molar-refractivity contribution < 1.29 is 14.3 Å². The molecular weight excluding hydrogens is 369 g/mol. The van der Waals surface area contributed by atoms with Crippen molar-refractivity contribution >= 4 is 28.3 Å². The molecule has 0 bridgehead atoms. The lowest BCUT2D eigenvalue weighted by molar-refractivity contribution is 0.0682. The number of benzene rings is 2. The van der Waals surface area contributed by atoms with E-state index in [2.05, 4.69) is 0 Å². The van der Waals surface area contributed by atoms with Crippen LogP contribution in [0.4, 0.5) is 4.39 Å². The lowest BCUT2D eigenvalue weighted by Crippen LogP contribution is -2.30. The van der Waals surface area contributed by atoms with E-state index >= 15 is 0 Å². The summed E-state index contributed by atoms with van der Waals surface area (Å²) in [7, 11) is 0. The molecule has 1 fully saturated rings. The minimum absolute atomic E-state index is 0.0618. The van der Waals surface area contributed by atoms with Gasteiger partial charge in [-0.15, -0.1) is 0 Å². The fraction of sp³-hybridized carbons (Fsp3) is 0.238. The summed E-state index contributed by atoms with van der Waals surface area (Å²) >= 11 is 6.14. The molecule has 6 heteroatoms. The zero-order valence-electron chi connectivity index (χ0n) is 14.4. The molecule has 0 spiro atoms. The number of hydrogen-bond acceptors (Lipinski definition) is 2. The molecule has 1 aliphatic carbocycles. The topological polar surface area (TPSA) is 59.3 Å². The Balaban J connectivity index is 2.18. The monoisotopic (exact) mass is 385 g/mol. The van der Waals surface area contributed by atoms with Crippen molar-refractivity contribution in [3.63, 3.8) is 0 Å². The molecule has 1 saturated carbocycles. The van der Waals surface area contributed by atoms with Gasteiger partial charge in [-0.3, -0.25) is 9.36 Å². The molecule has 4 nitrogen and oxygen atoms in total. The highest BCUT2D eigenvalue weighted by molar-refractivity contribution is 6.31. The van der Waals surface area contributed by atoms with Crippen LogP contribution in [0.5, 0.6) is 0 Å². The summed E-state index contributed by atoms with van der Waals surface area (Å²) in [5, 5.41) is 11.3. The summed E-state index contributed by atoms with van der Waals surface area (Å²) in [5.41, 5.74) is 0.546. The number of carboxylic acids is 1. The maximum absolute atomic E-state index is 13.4. The van der Waals surface area contributed by atoms with Crippen LogP contribution in [0.2, 0.25) is 5.02 Å². The highest BCUT2D eigenvalue weighted by atomic mass is 35.5. The number of rotatable bonds is 3. The summed E-state index contributed by atoms with van der Waals surface area (Å²) in [6.45, 7) is 0. The molecule has 3 aromatic rings. The maximum Gasteiger partial charge on any atom is 0.353 e. The zero-order valence-corrected chi connectivity index (χ0v) is 15.2. The second-order valence-corrected chi connectivity index (χ2v) is 7.28. The van der Waals surface area contributed by atoms with Gasteiger partial charge in [0.2, 0.25) is 0 Å². The van der Waals surface area contributed by atoms with Gasteiger partial charge in [0.15, 0.2) is 0 Å². The summed E-state index contributed by atoms with van der Waals surface area (Å²) in [6, 6.07) is 10.3. The van der Waals surface area contributed by atoms with Crippen LogP contribution in [-0.2, 0) is 0 Å². The molecule has 138 valence electrons. The first-order valence-electron chi connectivity index (χ1n) is 8.84. The van der Waals surface area contributed by atoms with E-state index in [1.807, 2.05) is 0 Å². The van der Waals surface area contributed by atoms with E-state index < -0.39 is 11.8 Å². The van der Waals surface area contributed by atoms with Gasteiger partial charge in [0.25, 0.3) is 5.56 Å². The van der Waals surface area contributed by atoms with Gasteiger partial charge >= 0.3 is 5.97 Å². The Morgan fingerprint density at radius 3 is 2.37 bits per heavy atom. The first-order chi connectivity index (χ1) is 13.0. The molecule has 1 aromatic heterocycles. The third kappa shape index (κ3) is 3.02. The van der Waals surface area contributed by atoms with Crippen molar-refractivity contribution in [2.24, 2.45) is 0 Å². The van der Waals surface area contributed by atoms with Gasteiger partial charge in [-0.2, -0.15) is 0 Å². The molecule has 1 heterocycles. The second kappa shape index (κ2) is 6.82. The SMILES string of the molecule is O=C(O)c1c(-c2ccc(F)cc2)c2cc(Cl)ccc2c(=O)n1C1CCCC1. The molecule has 2 aromatic carbocycles. The summed E-state index contributed by atoms with van der Waals surface area (Å²) in [6.07, 6.45) is 3.45. The fourth-order valence-corrected chi connectivity index (χ4v) is 4.19. The third-order valence-electron chi connectivity index (χ3n) is 5.20. The molecule has 27 heavy (non-hydrogen) atoms. The number of nitrogens with zero attached hydrogens (tertiary/aromatic N) is 1. The Labute approximate surface area is 159 Å². The Bertz CT molecular complexity index is 1100. The van der Waals surface area contributed by atoms with Crippen LogP contribution >= 0.6 is 11.6 Å². The molecule has 0 aliphatic heterocycles. The van der Waals surface area contributed by atoms with Crippen molar-refractivity contribution in [1.29, 1.82) is 0 Å². The number of carbonyl (C=O) groups is 1. The number of halogens is 2. The van der Waals surface area contributed by atoms with Gasteiger partial charge in [-0.1, -0.05) is 36.6 Å². The Morgan fingerprint density at radius 2 is 1.74 bits per heavy atom. The van der Waals surface area contributed by atoms with Crippen LogP contribution in [0.15, 0.2) is 47.3 Å². The van der Waals surface area contributed by atoms with Gasteiger partial charge in [-0.05, 0) is 54.1 Å². The number of fused-ring (bicyclic) bond motifs is 1. The summed E-state index contributed by atoms with van der Waals surface area (Å²) in [4.78, 5) is 25.4. The van der Waals surface area contributed by atoms with Gasteiger partial charge in [0.05, 0.1) is 0 Å². The predicted octanol–water partition coefficient (Wildman–Crippen LogP) is 5.27. The van der Waals surface area contributed by atoms with Crippen LogP contribution in [0.3, 0.4) is 0 Å². The number of aromatic nitrogens is 1. The minimum atomic E-state index is -1.18. The third-order valence-corrected chi connectivity index (χ3v) is 5.44. The van der Waals surface area contributed by atoms with E-state index in [1.54, 1.807) is 18.2 Å². The van der Waals surface area contributed by atoms with Gasteiger partial charge < -0.3 is 5.11 Å². The van der Waals surface area contributed by atoms with Gasteiger partial charge in [0, 0.05) is 22.0 Å². The second-order valence-electron chi connectivity index (χ2n) is 6.84. The van der Waals surface area contributed by atoms with Crippen LogP contribution in [0, 0.1) is 5.82 Å². The van der Waals surface area contributed by atoms with Gasteiger partial charge in [-0.25, -0.2) is 9.18 Å². The normalized spacial score (nSPS) is 14.7. The molecule has 0 saturated heterocycles. The molecule has 1 N–H and O–H groups in total. The van der Waals surface area contributed by atoms with Crippen LogP contribution in [0.1, 0.15) is 42.2 Å². The quantitative estimate of drug-likeness (QED) is 0.667. The van der Waals surface area contributed by atoms with E-state index in [9.17, 15) is 19.1 Å². The highest BCUT2D eigenvalue weighted by Crippen LogP contribution is 2.37. The van der Waals surface area contributed by atoms with Crippen LogP contribution in [0.25, 0.3) is 21.9 Å². The van der Waals surface area contributed by atoms with Crippen molar-refractivity contribution in [1.82, 2.24) is 4.57 Å². The van der Waals surface area contributed by atoms with E-state index in [0.29, 0.717) is 26.9 Å². The first kappa shape index (κ1) is 17.7. The molecule has 0 unspecified atom stereocenters. The lowest BCUT2D eigenvalue weighted by Gasteiger charge is -2.22. The van der Waals surface area contributed by atoms with E-state index in [4.69, 9.17) is 11.6 Å². The summed E-state index contributed by atoms with van der Waals surface area (Å²) < 4.78 is 14.9. The van der Waals surface area contributed by atoms with E-state index in [0.717, 1.165) is 25.7 Å². The van der Waals surface area contributed by atoms with Crippen LogP contribution < -0.4 is 5.56 Å². The predicted molar refractivity (Wildman–Crippen MR) is 103 cm³/mol. The smallest absolute Gasteiger partial charge is 0.353 e. The number of aromatic carboxylic acids is 1. The molecule has 0 amide bonds. The molecule has 1 aliphatic rings. The first-order valence-corrected chi connectivity index (χ1v) is 9.22. The maximum atomic E-state index is 13.4. The minimum Gasteiger partial charge on any atom is -0.477 e. The van der Waals surface area contributed by atoms with Crippen molar-refractivity contribution in [3.05, 3.63) is 69.4 Å². The fourth-order valence-electron chi connectivity index (χ4n) is 4.02. The Hall–Kier alpha value is -2.66. The van der Waals surface area contributed by atoms with E-state index in [-0.39, 0.29) is 17.3 Å². The molecular formula is C21H17ClFNO3. The van der Waals surface area contributed by atoms with E-state index in [1.165, 1.54) is 28.8 Å². The Kier molecular flexibility index (Phi) is 4.48. The number of hydrogen-bond donors (Lipinski definition) is 1. The molecule has 4 rings (SSSR count). The largest absolute Gasteiger partial charge is 0.477 e. The average molecular weight is 386 g/mol. The van der Waals surface area contributed by atoms with Crippen molar-refractivity contribution in [2.45, 2.75) is 31.7 Å². The number of pyridine rings is 1.